The molecule has 1 unspecified atom stereocenters. The summed E-state index contributed by atoms with van der Waals surface area (Å²) in [5, 5.41) is 2.58. The summed E-state index contributed by atoms with van der Waals surface area (Å²) < 4.78 is 14.9. The fourth-order valence-electron chi connectivity index (χ4n) is 1.56. The third-order valence-electron chi connectivity index (χ3n) is 2.72. The molecule has 0 aliphatic heterocycles. The maximum absolute atomic E-state index is 11.9. The van der Waals surface area contributed by atoms with Gasteiger partial charge < -0.3 is 25.3 Å². The van der Waals surface area contributed by atoms with Crippen molar-refractivity contribution in [2.24, 2.45) is 0 Å². The normalized spacial score (nSPS) is 11.6. The van der Waals surface area contributed by atoms with E-state index < -0.39 is 12.1 Å². The Morgan fingerprint density at radius 3 is 2.62 bits per heavy atom. The number of hydrogen-bond donors (Lipinski definition) is 2. The second-order valence-electron chi connectivity index (χ2n) is 4.29. The van der Waals surface area contributed by atoms with Crippen LogP contribution < -0.4 is 15.8 Å². The van der Waals surface area contributed by atoms with E-state index >= 15 is 0 Å². The summed E-state index contributed by atoms with van der Waals surface area (Å²) in [7, 11) is 3.01. The minimum atomic E-state index is -0.905. The van der Waals surface area contributed by atoms with E-state index in [1.165, 1.54) is 33.3 Å². The van der Waals surface area contributed by atoms with Crippen LogP contribution in [0, 0.1) is 0 Å². The van der Waals surface area contributed by atoms with Gasteiger partial charge in [-0.3, -0.25) is 4.79 Å². The largest absolute Gasteiger partial charge is 0.495 e. The number of hydrogen-bond acceptors (Lipinski definition) is 6. The van der Waals surface area contributed by atoms with E-state index in [2.05, 4.69) is 5.32 Å². The molecule has 0 spiro atoms. The van der Waals surface area contributed by atoms with Crippen LogP contribution in [0.5, 0.6) is 5.75 Å². The van der Waals surface area contributed by atoms with Crippen molar-refractivity contribution in [3.8, 4) is 5.75 Å². The summed E-state index contributed by atoms with van der Waals surface area (Å²) in [5.74, 6) is -0.544. The maximum Gasteiger partial charge on any atom is 0.338 e. The Kier molecular flexibility index (Phi) is 6.48. The van der Waals surface area contributed by atoms with Crippen LogP contribution in [0.25, 0.3) is 0 Å². The number of esters is 1. The summed E-state index contributed by atoms with van der Waals surface area (Å²) in [6, 6.07) is 4.53. The zero-order chi connectivity index (χ0) is 15.8. The predicted octanol–water partition coefficient (Wildman–Crippen LogP) is 0.585. The van der Waals surface area contributed by atoms with Crippen molar-refractivity contribution < 1.29 is 23.8 Å². The van der Waals surface area contributed by atoms with E-state index in [1.54, 1.807) is 6.07 Å². The average molecular weight is 296 g/mol. The molecule has 1 aromatic rings. The molecule has 1 atom stereocenters. The number of benzene rings is 1. The van der Waals surface area contributed by atoms with E-state index in [4.69, 9.17) is 19.9 Å². The molecular weight excluding hydrogens is 276 g/mol. The number of nitrogens with one attached hydrogen (secondary N) is 1. The van der Waals surface area contributed by atoms with Crippen LogP contribution in [0.4, 0.5) is 5.69 Å². The van der Waals surface area contributed by atoms with Crippen LogP contribution in [0.2, 0.25) is 0 Å². The number of methoxy groups -OCH3 is 2. The summed E-state index contributed by atoms with van der Waals surface area (Å²) in [5.41, 5.74) is 6.29. The lowest BCUT2D eigenvalue weighted by atomic mass is 10.2. The predicted molar refractivity (Wildman–Crippen MR) is 77.2 cm³/mol. The Morgan fingerprint density at radius 2 is 2.05 bits per heavy atom. The molecule has 116 valence electrons. The molecule has 7 nitrogen and oxygen atoms in total. The molecule has 0 aliphatic carbocycles. The molecule has 0 bridgehead atoms. The molecule has 1 aromatic carbocycles. The molecule has 3 N–H and O–H groups in total. The lowest BCUT2D eigenvalue weighted by molar-refractivity contribution is -0.129. The first kappa shape index (κ1) is 16.8. The van der Waals surface area contributed by atoms with Crippen molar-refractivity contribution in [2.45, 2.75) is 13.0 Å². The highest BCUT2D eigenvalue weighted by atomic mass is 16.5. The molecule has 0 radical (unpaired) electrons. The van der Waals surface area contributed by atoms with Gasteiger partial charge in [0.1, 0.15) is 5.75 Å². The molecule has 21 heavy (non-hydrogen) atoms. The fourth-order valence-corrected chi connectivity index (χ4v) is 1.56. The number of carbonyl (C=O) groups excluding carboxylic acids is 2. The van der Waals surface area contributed by atoms with Gasteiger partial charge in [-0.25, -0.2) is 4.79 Å². The highest BCUT2D eigenvalue weighted by molar-refractivity contribution is 5.93. The Balaban J connectivity index is 2.59. The minimum Gasteiger partial charge on any atom is -0.495 e. The third-order valence-corrected chi connectivity index (χ3v) is 2.72. The van der Waals surface area contributed by atoms with Crippen molar-refractivity contribution in [2.75, 3.05) is 33.1 Å². The van der Waals surface area contributed by atoms with Gasteiger partial charge in [0.2, 0.25) is 0 Å². The SMILES string of the molecule is COCCNC(=O)C(C)OC(=O)c1ccc(OC)c(N)c1. The van der Waals surface area contributed by atoms with Crippen LogP contribution in [0.1, 0.15) is 17.3 Å². The van der Waals surface area contributed by atoms with Gasteiger partial charge in [-0.1, -0.05) is 0 Å². The van der Waals surface area contributed by atoms with E-state index in [-0.39, 0.29) is 11.5 Å². The van der Waals surface area contributed by atoms with Gasteiger partial charge in [0.25, 0.3) is 5.91 Å². The van der Waals surface area contributed by atoms with Crippen LogP contribution in [-0.4, -0.2) is 45.4 Å². The van der Waals surface area contributed by atoms with E-state index in [0.717, 1.165) is 0 Å². The standard InChI is InChI=1S/C14H20N2O5/c1-9(13(17)16-6-7-19-2)21-14(18)10-4-5-12(20-3)11(15)8-10/h4-5,8-9H,6-7,15H2,1-3H3,(H,16,17). The quantitative estimate of drug-likeness (QED) is 0.434. The molecule has 0 heterocycles. The average Bonchev–Trinajstić information content (AvgIpc) is 2.47. The Morgan fingerprint density at radius 1 is 1.33 bits per heavy atom. The summed E-state index contributed by atoms with van der Waals surface area (Å²) in [6.45, 7) is 2.24. The van der Waals surface area contributed by atoms with Gasteiger partial charge in [0.05, 0.1) is 25.0 Å². The highest BCUT2D eigenvalue weighted by Crippen LogP contribution is 2.22. The Bertz CT molecular complexity index is 504. The maximum atomic E-state index is 11.9. The fraction of sp³-hybridized carbons (Fsp3) is 0.429. The van der Waals surface area contributed by atoms with Crippen molar-refractivity contribution in [1.82, 2.24) is 5.32 Å². The number of nitrogen functional groups attached to an aromatic ring is 1. The Labute approximate surface area is 123 Å². The molecule has 0 aromatic heterocycles. The Hall–Kier alpha value is -2.28. The van der Waals surface area contributed by atoms with Crippen LogP contribution in [0.15, 0.2) is 18.2 Å². The smallest absolute Gasteiger partial charge is 0.338 e. The number of anilines is 1. The summed E-state index contributed by atoms with van der Waals surface area (Å²) in [4.78, 5) is 23.6. The molecule has 0 saturated heterocycles. The van der Waals surface area contributed by atoms with Crippen LogP contribution >= 0.6 is 0 Å². The first-order valence-corrected chi connectivity index (χ1v) is 6.40. The number of nitrogens with two attached hydrogens (primary N) is 1. The summed E-state index contributed by atoms with van der Waals surface area (Å²) >= 11 is 0. The zero-order valence-electron chi connectivity index (χ0n) is 12.3. The third kappa shape index (κ3) is 4.96. The number of amides is 1. The highest BCUT2D eigenvalue weighted by Gasteiger charge is 2.19. The van der Waals surface area contributed by atoms with Gasteiger partial charge >= 0.3 is 5.97 Å². The molecule has 7 heteroatoms. The lowest BCUT2D eigenvalue weighted by Crippen LogP contribution is -2.37. The number of rotatable bonds is 7. The first-order chi connectivity index (χ1) is 9.99. The molecule has 1 amide bonds. The van der Waals surface area contributed by atoms with Gasteiger partial charge in [-0.2, -0.15) is 0 Å². The molecule has 0 saturated carbocycles. The van der Waals surface area contributed by atoms with Crippen molar-refractivity contribution >= 4 is 17.6 Å². The van der Waals surface area contributed by atoms with Crippen molar-refractivity contribution in [3.63, 3.8) is 0 Å². The van der Waals surface area contributed by atoms with Gasteiger partial charge in [-0.05, 0) is 25.1 Å². The number of carbonyl (C=O) groups is 2. The second-order valence-corrected chi connectivity index (χ2v) is 4.29. The van der Waals surface area contributed by atoms with Crippen molar-refractivity contribution in [3.05, 3.63) is 23.8 Å². The topological polar surface area (TPSA) is 99.9 Å². The molecule has 1 rings (SSSR count). The van der Waals surface area contributed by atoms with E-state index in [1.807, 2.05) is 0 Å². The lowest BCUT2D eigenvalue weighted by Gasteiger charge is -2.14. The molecule has 0 fully saturated rings. The van der Waals surface area contributed by atoms with Crippen LogP contribution in [0.3, 0.4) is 0 Å². The van der Waals surface area contributed by atoms with E-state index in [9.17, 15) is 9.59 Å². The second kappa shape index (κ2) is 8.11. The first-order valence-electron chi connectivity index (χ1n) is 6.40. The van der Waals surface area contributed by atoms with Gasteiger partial charge in [0.15, 0.2) is 6.10 Å². The monoisotopic (exact) mass is 296 g/mol. The van der Waals surface area contributed by atoms with Crippen LogP contribution in [-0.2, 0) is 14.3 Å². The van der Waals surface area contributed by atoms with E-state index in [0.29, 0.717) is 24.6 Å². The van der Waals surface area contributed by atoms with Gasteiger partial charge in [-0.15, -0.1) is 0 Å². The van der Waals surface area contributed by atoms with Gasteiger partial charge in [0, 0.05) is 13.7 Å². The number of ether oxygens (including phenoxy) is 3. The molecule has 0 aliphatic rings. The minimum absolute atomic E-state index is 0.254. The zero-order valence-corrected chi connectivity index (χ0v) is 12.3. The van der Waals surface area contributed by atoms with Crippen molar-refractivity contribution in [1.29, 1.82) is 0 Å². The summed E-state index contributed by atoms with van der Waals surface area (Å²) in [6.07, 6.45) is -0.905. The molecular formula is C14H20N2O5.